The van der Waals surface area contributed by atoms with Crippen LogP contribution >= 0.6 is 0 Å². The Morgan fingerprint density at radius 1 is 1.29 bits per heavy atom. The summed E-state index contributed by atoms with van der Waals surface area (Å²) < 4.78 is 5.72. The molecule has 0 aromatic heterocycles. The first-order valence-electron chi connectivity index (χ1n) is 5.99. The van der Waals surface area contributed by atoms with E-state index in [0.29, 0.717) is 12.2 Å². The highest BCUT2D eigenvalue weighted by Crippen LogP contribution is 2.14. The lowest BCUT2D eigenvalue weighted by atomic mass is 10.0. The van der Waals surface area contributed by atoms with E-state index in [9.17, 15) is 0 Å². The molecule has 3 atom stereocenters. The number of morpholine rings is 1. The van der Waals surface area contributed by atoms with Gasteiger partial charge in [0.05, 0.1) is 12.2 Å². The highest BCUT2D eigenvalue weighted by atomic mass is 16.5. The number of hydrogen-bond donors (Lipinski definition) is 0. The van der Waals surface area contributed by atoms with E-state index in [1.165, 1.54) is 19.4 Å². The van der Waals surface area contributed by atoms with Crippen molar-refractivity contribution in [3.05, 3.63) is 0 Å². The van der Waals surface area contributed by atoms with Crippen molar-refractivity contribution < 1.29 is 4.74 Å². The van der Waals surface area contributed by atoms with Crippen LogP contribution in [0.3, 0.4) is 0 Å². The smallest absolute Gasteiger partial charge is 0.0678 e. The second-order valence-electron chi connectivity index (χ2n) is 4.87. The van der Waals surface area contributed by atoms with Gasteiger partial charge in [-0.1, -0.05) is 20.3 Å². The average Bonchev–Trinajstić information content (AvgIpc) is 2.01. The van der Waals surface area contributed by atoms with Crippen molar-refractivity contribution in [2.45, 2.75) is 52.7 Å². The van der Waals surface area contributed by atoms with Crippen molar-refractivity contribution in [1.82, 2.24) is 4.90 Å². The van der Waals surface area contributed by atoms with E-state index in [0.717, 1.165) is 19.0 Å². The summed E-state index contributed by atoms with van der Waals surface area (Å²) >= 11 is 0. The number of nitrogens with zero attached hydrogens (tertiary/aromatic N) is 1. The monoisotopic (exact) mass is 199 g/mol. The topological polar surface area (TPSA) is 12.5 Å². The standard InChI is InChI=1S/C12H25NO/c1-5-6-10(2)7-13-8-11(3)14-12(4)9-13/h10-12H,5-9H2,1-4H3. The molecule has 0 amide bonds. The van der Waals surface area contributed by atoms with Gasteiger partial charge in [-0.05, 0) is 26.2 Å². The maximum atomic E-state index is 5.72. The van der Waals surface area contributed by atoms with Gasteiger partial charge >= 0.3 is 0 Å². The molecule has 1 saturated heterocycles. The van der Waals surface area contributed by atoms with Gasteiger partial charge in [0.2, 0.25) is 0 Å². The quantitative estimate of drug-likeness (QED) is 0.690. The van der Waals surface area contributed by atoms with E-state index >= 15 is 0 Å². The lowest BCUT2D eigenvalue weighted by Gasteiger charge is -2.36. The third kappa shape index (κ3) is 3.97. The molecule has 1 rings (SSSR count). The SMILES string of the molecule is CCCC(C)CN1CC(C)OC(C)C1. The Morgan fingerprint density at radius 2 is 1.86 bits per heavy atom. The molecule has 2 heteroatoms. The van der Waals surface area contributed by atoms with Crippen molar-refractivity contribution in [1.29, 1.82) is 0 Å². The zero-order valence-electron chi connectivity index (χ0n) is 10.1. The second kappa shape index (κ2) is 5.72. The van der Waals surface area contributed by atoms with Gasteiger partial charge < -0.3 is 4.74 Å². The fourth-order valence-electron chi connectivity index (χ4n) is 2.46. The third-order valence-electron chi connectivity index (χ3n) is 2.85. The van der Waals surface area contributed by atoms with Gasteiger partial charge in [-0.2, -0.15) is 0 Å². The van der Waals surface area contributed by atoms with E-state index < -0.39 is 0 Å². The molecule has 0 saturated carbocycles. The molecule has 0 spiro atoms. The van der Waals surface area contributed by atoms with Gasteiger partial charge in [0, 0.05) is 19.6 Å². The van der Waals surface area contributed by atoms with Crippen LogP contribution in [0.15, 0.2) is 0 Å². The first kappa shape index (κ1) is 12.0. The van der Waals surface area contributed by atoms with E-state index in [-0.39, 0.29) is 0 Å². The molecule has 1 aliphatic rings. The predicted molar refractivity (Wildman–Crippen MR) is 60.5 cm³/mol. The predicted octanol–water partition coefficient (Wildman–Crippen LogP) is 2.53. The van der Waals surface area contributed by atoms with Gasteiger partial charge in [0.25, 0.3) is 0 Å². The lowest BCUT2D eigenvalue weighted by Crippen LogP contribution is -2.46. The Morgan fingerprint density at radius 3 is 2.36 bits per heavy atom. The van der Waals surface area contributed by atoms with Gasteiger partial charge in [0.15, 0.2) is 0 Å². The molecule has 0 N–H and O–H groups in total. The van der Waals surface area contributed by atoms with Gasteiger partial charge in [-0.25, -0.2) is 0 Å². The molecule has 0 aliphatic carbocycles. The normalized spacial score (nSPS) is 31.7. The Hall–Kier alpha value is -0.0800. The average molecular weight is 199 g/mol. The largest absolute Gasteiger partial charge is 0.373 e. The molecular weight excluding hydrogens is 174 g/mol. The summed E-state index contributed by atoms with van der Waals surface area (Å²) in [6, 6.07) is 0. The molecule has 1 aliphatic heterocycles. The number of ether oxygens (including phenoxy) is 1. The summed E-state index contributed by atoms with van der Waals surface area (Å²) in [6.45, 7) is 12.4. The fraction of sp³-hybridized carbons (Fsp3) is 1.00. The van der Waals surface area contributed by atoms with Crippen LogP contribution in [0.25, 0.3) is 0 Å². The molecule has 3 unspecified atom stereocenters. The van der Waals surface area contributed by atoms with Gasteiger partial charge in [-0.15, -0.1) is 0 Å². The number of hydrogen-bond acceptors (Lipinski definition) is 2. The van der Waals surface area contributed by atoms with Gasteiger partial charge in [0.1, 0.15) is 0 Å². The molecule has 2 nitrogen and oxygen atoms in total. The zero-order valence-corrected chi connectivity index (χ0v) is 10.1. The maximum absolute atomic E-state index is 5.72. The fourth-order valence-corrected chi connectivity index (χ4v) is 2.46. The Balaban J connectivity index is 2.29. The molecule has 14 heavy (non-hydrogen) atoms. The Labute approximate surface area is 88.6 Å². The van der Waals surface area contributed by atoms with Crippen LogP contribution in [0.5, 0.6) is 0 Å². The molecule has 84 valence electrons. The van der Waals surface area contributed by atoms with E-state index in [2.05, 4.69) is 32.6 Å². The summed E-state index contributed by atoms with van der Waals surface area (Å²) in [5.74, 6) is 0.831. The van der Waals surface area contributed by atoms with Crippen LogP contribution in [0.1, 0.15) is 40.5 Å². The zero-order chi connectivity index (χ0) is 10.6. The van der Waals surface area contributed by atoms with Crippen molar-refractivity contribution in [3.63, 3.8) is 0 Å². The molecule has 0 aromatic carbocycles. The van der Waals surface area contributed by atoms with Crippen molar-refractivity contribution in [3.8, 4) is 0 Å². The maximum Gasteiger partial charge on any atom is 0.0678 e. The molecule has 0 radical (unpaired) electrons. The molecule has 1 heterocycles. The van der Waals surface area contributed by atoms with Crippen molar-refractivity contribution in [2.24, 2.45) is 5.92 Å². The molecular formula is C12H25NO. The number of rotatable bonds is 4. The Kier molecular flexibility index (Phi) is 4.90. The summed E-state index contributed by atoms with van der Waals surface area (Å²) in [7, 11) is 0. The first-order valence-corrected chi connectivity index (χ1v) is 5.99. The highest BCUT2D eigenvalue weighted by Gasteiger charge is 2.22. The Bertz CT molecular complexity index is 150. The summed E-state index contributed by atoms with van der Waals surface area (Å²) in [4.78, 5) is 2.55. The van der Waals surface area contributed by atoms with Crippen LogP contribution in [0, 0.1) is 5.92 Å². The third-order valence-corrected chi connectivity index (χ3v) is 2.85. The van der Waals surface area contributed by atoms with Crippen molar-refractivity contribution in [2.75, 3.05) is 19.6 Å². The minimum absolute atomic E-state index is 0.410. The van der Waals surface area contributed by atoms with E-state index in [1.54, 1.807) is 0 Å². The summed E-state index contributed by atoms with van der Waals surface area (Å²) in [5, 5.41) is 0. The molecule has 1 fully saturated rings. The van der Waals surface area contributed by atoms with Crippen LogP contribution in [0.4, 0.5) is 0 Å². The summed E-state index contributed by atoms with van der Waals surface area (Å²) in [5.41, 5.74) is 0. The van der Waals surface area contributed by atoms with Crippen LogP contribution in [-0.4, -0.2) is 36.7 Å². The van der Waals surface area contributed by atoms with Crippen molar-refractivity contribution >= 4 is 0 Å². The van der Waals surface area contributed by atoms with Crippen LogP contribution in [-0.2, 0) is 4.74 Å². The highest BCUT2D eigenvalue weighted by molar-refractivity contribution is 4.74. The molecule has 0 bridgehead atoms. The lowest BCUT2D eigenvalue weighted by molar-refractivity contribution is -0.0711. The second-order valence-corrected chi connectivity index (χ2v) is 4.87. The van der Waals surface area contributed by atoms with Gasteiger partial charge in [-0.3, -0.25) is 4.90 Å². The summed E-state index contributed by atoms with van der Waals surface area (Å²) in [6.07, 6.45) is 3.47. The minimum atomic E-state index is 0.410. The van der Waals surface area contributed by atoms with E-state index in [1.807, 2.05) is 0 Å². The minimum Gasteiger partial charge on any atom is -0.373 e. The first-order chi connectivity index (χ1) is 6.61. The molecule has 0 aromatic rings. The van der Waals surface area contributed by atoms with Crippen LogP contribution < -0.4 is 0 Å². The van der Waals surface area contributed by atoms with E-state index in [4.69, 9.17) is 4.74 Å². The van der Waals surface area contributed by atoms with Crippen LogP contribution in [0.2, 0.25) is 0 Å².